The Bertz CT molecular complexity index is 1630. The van der Waals surface area contributed by atoms with Crippen molar-refractivity contribution in [1.29, 1.82) is 0 Å². The lowest BCUT2D eigenvalue weighted by Gasteiger charge is -2.03. The molecule has 0 saturated carbocycles. The topological polar surface area (TPSA) is 75.2 Å². The number of benzene rings is 1. The maximum absolute atomic E-state index is 13.8. The molecule has 1 aromatic carbocycles. The van der Waals surface area contributed by atoms with E-state index in [0.717, 1.165) is 61.1 Å². The number of H-pyrrole nitrogens is 2. The number of rotatable bonds is 4. The summed E-state index contributed by atoms with van der Waals surface area (Å²) in [5, 5.41) is 10.5. The van der Waals surface area contributed by atoms with Crippen molar-refractivity contribution < 1.29 is 4.39 Å². The number of allylic oxidation sites excluding steroid dienone is 1. The molecule has 4 aromatic heterocycles. The van der Waals surface area contributed by atoms with Gasteiger partial charge in [0, 0.05) is 29.4 Å². The lowest BCUT2D eigenvalue weighted by Crippen LogP contribution is -2.23. The van der Waals surface area contributed by atoms with E-state index in [0.29, 0.717) is 0 Å². The van der Waals surface area contributed by atoms with Crippen molar-refractivity contribution in [1.82, 2.24) is 29.7 Å². The number of aromatic nitrogens is 6. The van der Waals surface area contributed by atoms with E-state index in [4.69, 9.17) is 0 Å². The van der Waals surface area contributed by atoms with Crippen molar-refractivity contribution in [3.05, 3.63) is 83.4 Å². The van der Waals surface area contributed by atoms with Crippen LogP contribution in [-0.2, 0) is 7.05 Å². The number of hydrogen-bond acceptors (Lipinski definition) is 3. The minimum absolute atomic E-state index is 0.281. The standard InChI is InChI=1S/C26H23FN6/c1-5-22-20(9-15(2)25-14-29-16(3)33(25)4)26(32-31-22)23-11-19-21(12-28-13-24(19)30-23)17-7-6-8-18(27)10-17/h5-14,30-31H,2H2,1,3-4H3/b20-9+,22-5+. The highest BCUT2D eigenvalue weighted by molar-refractivity contribution is 5.97. The molecule has 0 saturated heterocycles. The molecular weight excluding hydrogens is 415 g/mol. The predicted octanol–water partition coefficient (Wildman–Crippen LogP) is 4.10. The molecule has 0 spiro atoms. The van der Waals surface area contributed by atoms with E-state index in [1.807, 2.05) is 55.9 Å². The summed E-state index contributed by atoms with van der Waals surface area (Å²) in [6.45, 7) is 8.18. The van der Waals surface area contributed by atoms with E-state index in [9.17, 15) is 4.39 Å². The minimum atomic E-state index is -0.281. The first kappa shape index (κ1) is 20.6. The van der Waals surface area contributed by atoms with Crippen molar-refractivity contribution in [2.24, 2.45) is 7.05 Å². The summed E-state index contributed by atoms with van der Waals surface area (Å²) in [6.07, 6.45) is 9.34. The van der Waals surface area contributed by atoms with Gasteiger partial charge in [0.15, 0.2) is 0 Å². The predicted molar refractivity (Wildman–Crippen MR) is 130 cm³/mol. The zero-order valence-electron chi connectivity index (χ0n) is 18.6. The van der Waals surface area contributed by atoms with Crippen molar-refractivity contribution in [3.8, 4) is 22.5 Å². The molecule has 0 atom stereocenters. The van der Waals surface area contributed by atoms with Gasteiger partial charge in [0.2, 0.25) is 0 Å². The Balaban J connectivity index is 1.68. The number of imidazole rings is 1. The van der Waals surface area contributed by atoms with E-state index in [1.165, 1.54) is 12.1 Å². The van der Waals surface area contributed by atoms with Crippen molar-refractivity contribution >= 4 is 28.6 Å². The van der Waals surface area contributed by atoms with Gasteiger partial charge < -0.3 is 9.55 Å². The largest absolute Gasteiger partial charge is 0.352 e. The van der Waals surface area contributed by atoms with Crippen LogP contribution in [0.2, 0.25) is 0 Å². The number of pyridine rings is 1. The van der Waals surface area contributed by atoms with Gasteiger partial charge in [-0.15, -0.1) is 0 Å². The normalized spacial score (nSPS) is 12.7. The summed E-state index contributed by atoms with van der Waals surface area (Å²) in [5.74, 6) is 0.638. The maximum atomic E-state index is 13.8. The van der Waals surface area contributed by atoms with Crippen LogP contribution in [0, 0.1) is 12.7 Å². The summed E-state index contributed by atoms with van der Waals surface area (Å²) in [5.41, 5.74) is 5.86. The minimum Gasteiger partial charge on any atom is -0.352 e. The number of nitrogens with zero attached hydrogens (tertiary/aromatic N) is 4. The van der Waals surface area contributed by atoms with Crippen LogP contribution in [-0.4, -0.2) is 29.7 Å². The van der Waals surface area contributed by atoms with Gasteiger partial charge in [-0.05, 0) is 49.3 Å². The first-order chi connectivity index (χ1) is 16.0. The molecule has 5 rings (SSSR count). The summed E-state index contributed by atoms with van der Waals surface area (Å²) in [6, 6.07) is 8.56. The molecule has 0 bridgehead atoms. The van der Waals surface area contributed by atoms with Crippen LogP contribution in [0.25, 0.3) is 51.1 Å². The Morgan fingerprint density at radius 3 is 2.76 bits per heavy atom. The Morgan fingerprint density at radius 1 is 1.18 bits per heavy atom. The van der Waals surface area contributed by atoms with Gasteiger partial charge in [-0.25, -0.2) is 9.37 Å². The van der Waals surface area contributed by atoms with Crippen LogP contribution in [0.3, 0.4) is 0 Å². The van der Waals surface area contributed by atoms with Crippen LogP contribution in [0.15, 0.2) is 55.5 Å². The number of fused-ring (bicyclic) bond motifs is 1. The second-order valence-corrected chi connectivity index (χ2v) is 7.95. The molecule has 5 aromatic rings. The molecule has 164 valence electrons. The first-order valence-electron chi connectivity index (χ1n) is 10.6. The molecule has 0 fully saturated rings. The summed E-state index contributed by atoms with van der Waals surface area (Å²) in [7, 11) is 1.97. The van der Waals surface area contributed by atoms with Crippen molar-refractivity contribution in [2.45, 2.75) is 13.8 Å². The van der Waals surface area contributed by atoms with Crippen LogP contribution >= 0.6 is 0 Å². The molecule has 2 N–H and O–H groups in total. The average molecular weight is 439 g/mol. The fraction of sp³-hybridized carbons (Fsp3) is 0.115. The third-order valence-electron chi connectivity index (χ3n) is 5.93. The Morgan fingerprint density at radius 2 is 2.03 bits per heavy atom. The van der Waals surface area contributed by atoms with Crippen LogP contribution in [0.1, 0.15) is 18.4 Å². The molecule has 6 nitrogen and oxygen atoms in total. The summed E-state index contributed by atoms with van der Waals surface area (Å²) in [4.78, 5) is 12.1. The fourth-order valence-electron chi connectivity index (χ4n) is 4.05. The maximum Gasteiger partial charge on any atom is 0.123 e. The fourth-order valence-corrected chi connectivity index (χ4v) is 4.05. The van der Waals surface area contributed by atoms with Crippen molar-refractivity contribution in [3.63, 3.8) is 0 Å². The van der Waals surface area contributed by atoms with Crippen LogP contribution in [0.4, 0.5) is 4.39 Å². The molecule has 4 heterocycles. The quantitative estimate of drug-likeness (QED) is 0.444. The third-order valence-corrected chi connectivity index (χ3v) is 5.93. The smallest absolute Gasteiger partial charge is 0.123 e. The Hall–Kier alpha value is -4.26. The first-order valence-corrected chi connectivity index (χ1v) is 10.6. The van der Waals surface area contributed by atoms with Gasteiger partial charge in [-0.3, -0.25) is 10.1 Å². The number of halogens is 1. The second-order valence-electron chi connectivity index (χ2n) is 7.95. The molecule has 0 amide bonds. The highest BCUT2D eigenvalue weighted by atomic mass is 19.1. The molecule has 33 heavy (non-hydrogen) atoms. The summed E-state index contributed by atoms with van der Waals surface area (Å²) >= 11 is 0. The lowest BCUT2D eigenvalue weighted by molar-refractivity contribution is 0.628. The Labute approximate surface area is 189 Å². The zero-order valence-corrected chi connectivity index (χ0v) is 18.6. The van der Waals surface area contributed by atoms with E-state index in [-0.39, 0.29) is 5.82 Å². The molecular formula is C26H23FN6. The van der Waals surface area contributed by atoms with Crippen LogP contribution in [0.5, 0.6) is 0 Å². The molecule has 0 radical (unpaired) electrons. The number of aryl methyl sites for hydroxylation is 1. The van der Waals surface area contributed by atoms with E-state index in [1.54, 1.807) is 18.5 Å². The average Bonchev–Trinajstić information content (AvgIpc) is 3.50. The van der Waals surface area contributed by atoms with Gasteiger partial charge in [0.1, 0.15) is 17.3 Å². The van der Waals surface area contributed by atoms with E-state index < -0.39 is 0 Å². The van der Waals surface area contributed by atoms with Gasteiger partial charge in [-0.2, -0.15) is 5.10 Å². The Kier molecular flexibility index (Phi) is 5.01. The number of nitrogens with one attached hydrogen (secondary N) is 2. The zero-order chi connectivity index (χ0) is 23.1. The van der Waals surface area contributed by atoms with Crippen LogP contribution < -0.4 is 10.6 Å². The van der Waals surface area contributed by atoms with Gasteiger partial charge in [0.05, 0.1) is 34.6 Å². The van der Waals surface area contributed by atoms with Gasteiger partial charge >= 0.3 is 0 Å². The molecule has 7 heteroatoms. The molecule has 0 aliphatic carbocycles. The highest BCUT2D eigenvalue weighted by Crippen LogP contribution is 2.30. The molecule has 0 aliphatic rings. The number of aromatic amines is 2. The molecule has 0 aliphatic heterocycles. The third kappa shape index (κ3) is 3.57. The SMILES string of the molecule is C=C(/C=c1/c(-c2cc3c(-c4cccc(F)c4)cncc3[nH]2)n[nH]/c1=C/C)c1cnc(C)n1C. The second kappa shape index (κ2) is 8.02. The monoisotopic (exact) mass is 438 g/mol. The van der Waals surface area contributed by atoms with Gasteiger partial charge in [0.25, 0.3) is 0 Å². The van der Waals surface area contributed by atoms with E-state index >= 15 is 0 Å². The lowest BCUT2D eigenvalue weighted by atomic mass is 10.0. The number of hydrogen-bond donors (Lipinski definition) is 2. The van der Waals surface area contributed by atoms with E-state index in [2.05, 4.69) is 31.7 Å². The highest BCUT2D eigenvalue weighted by Gasteiger charge is 2.14. The summed E-state index contributed by atoms with van der Waals surface area (Å²) < 4.78 is 15.9. The van der Waals surface area contributed by atoms with Crippen molar-refractivity contribution in [2.75, 3.05) is 0 Å². The molecule has 0 unspecified atom stereocenters. The van der Waals surface area contributed by atoms with Gasteiger partial charge in [-0.1, -0.05) is 24.8 Å².